The quantitative estimate of drug-likeness (QED) is 0.173. The van der Waals surface area contributed by atoms with Crippen LogP contribution in [0.4, 0.5) is 0 Å². The second-order valence-electron chi connectivity index (χ2n) is 4.96. The minimum Gasteiger partial charge on any atom is -0.394 e. The fourth-order valence-corrected chi connectivity index (χ4v) is 1.34. The van der Waals surface area contributed by atoms with E-state index in [-0.39, 0.29) is 0 Å². The van der Waals surface area contributed by atoms with Crippen molar-refractivity contribution in [2.24, 2.45) is 0 Å². The van der Waals surface area contributed by atoms with Gasteiger partial charge in [-0.1, -0.05) is 0 Å². The molecule has 0 aromatic rings. The van der Waals surface area contributed by atoms with Crippen LogP contribution in [0.5, 0.6) is 0 Å². The predicted molar refractivity (Wildman–Crippen MR) is 76.4 cm³/mol. The van der Waals surface area contributed by atoms with Gasteiger partial charge in [0, 0.05) is 0 Å². The molecule has 0 aliphatic carbocycles. The molecule has 12 heteroatoms. The van der Waals surface area contributed by atoms with Gasteiger partial charge in [0.15, 0.2) is 0 Å². The van der Waals surface area contributed by atoms with Crippen LogP contribution in [-0.2, 0) is 0 Å². The van der Waals surface area contributed by atoms with Crippen molar-refractivity contribution < 1.29 is 61.3 Å². The topological polar surface area (TPSA) is 243 Å². The standard InChI is InChI=1S/2C6H14O6/c2*7-1-3(9)5(11)6(12)4(10)2-8/h2*3-12H,1-2H2/t3-,4+,5-,6+;3-,4-,5-,6+/m.1/s1. The fraction of sp³-hybridized carbons (Fsp3) is 1.00. The maximum atomic E-state index is 8.96. The van der Waals surface area contributed by atoms with Crippen LogP contribution < -0.4 is 0 Å². The molecule has 0 fully saturated rings. The Morgan fingerprint density at radius 2 is 0.458 bits per heavy atom. The molecule has 0 spiro atoms. The molecule has 12 N–H and O–H groups in total. The monoisotopic (exact) mass is 364 g/mol. The highest BCUT2D eigenvalue weighted by molar-refractivity contribution is 4.80. The molecule has 0 saturated carbocycles. The summed E-state index contributed by atoms with van der Waals surface area (Å²) in [6, 6.07) is 0. The predicted octanol–water partition coefficient (Wildman–Crippen LogP) is -7.17. The van der Waals surface area contributed by atoms with Crippen molar-refractivity contribution >= 4 is 0 Å². The Bertz CT molecular complexity index is 237. The van der Waals surface area contributed by atoms with Crippen LogP contribution in [0.15, 0.2) is 0 Å². The Kier molecular flexibility index (Phi) is 14.8. The van der Waals surface area contributed by atoms with E-state index in [1.807, 2.05) is 0 Å². The third-order valence-corrected chi connectivity index (χ3v) is 3.02. The Hall–Kier alpha value is -0.480. The van der Waals surface area contributed by atoms with E-state index in [0.717, 1.165) is 0 Å². The molecule has 0 heterocycles. The number of hydrogen-bond acceptors (Lipinski definition) is 12. The molecule has 0 unspecified atom stereocenters. The third-order valence-electron chi connectivity index (χ3n) is 3.02. The second-order valence-corrected chi connectivity index (χ2v) is 4.96. The summed E-state index contributed by atoms with van der Waals surface area (Å²) in [6.45, 7) is -2.90. The van der Waals surface area contributed by atoms with Crippen molar-refractivity contribution in [2.45, 2.75) is 48.8 Å². The molecule has 0 saturated heterocycles. The summed E-state index contributed by atoms with van der Waals surface area (Å²) in [4.78, 5) is 0. The zero-order valence-electron chi connectivity index (χ0n) is 12.8. The molecule has 0 amide bonds. The van der Waals surface area contributed by atoms with E-state index in [1.54, 1.807) is 0 Å². The minimum absolute atomic E-state index is 0.726. The maximum Gasteiger partial charge on any atom is 0.111 e. The zero-order valence-corrected chi connectivity index (χ0v) is 12.8. The van der Waals surface area contributed by atoms with Crippen LogP contribution in [0, 0.1) is 0 Å². The SMILES string of the molecule is OC[C@@H](O)[C@@H](O)[C@@H](O)[C@@H](O)CO.OC[C@@H](O)[C@H](O)[C@H](O)[C@H](O)CO. The highest BCUT2D eigenvalue weighted by Crippen LogP contribution is 2.04. The molecule has 12 nitrogen and oxygen atoms in total. The fourth-order valence-electron chi connectivity index (χ4n) is 1.34. The molecular formula is C12H28O12. The van der Waals surface area contributed by atoms with E-state index >= 15 is 0 Å². The average molecular weight is 364 g/mol. The summed E-state index contributed by atoms with van der Waals surface area (Å²) in [6.07, 6.45) is -12.8. The number of rotatable bonds is 10. The highest BCUT2D eigenvalue weighted by atomic mass is 16.4. The highest BCUT2D eigenvalue weighted by Gasteiger charge is 2.30. The molecule has 0 bridgehead atoms. The van der Waals surface area contributed by atoms with Crippen LogP contribution >= 0.6 is 0 Å². The van der Waals surface area contributed by atoms with Gasteiger partial charge >= 0.3 is 0 Å². The second kappa shape index (κ2) is 13.8. The van der Waals surface area contributed by atoms with Gasteiger partial charge in [-0.05, 0) is 0 Å². The van der Waals surface area contributed by atoms with Gasteiger partial charge in [0.25, 0.3) is 0 Å². The zero-order chi connectivity index (χ0) is 19.4. The van der Waals surface area contributed by atoms with E-state index < -0.39 is 75.3 Å². The minimum atomic E-state index is -1.67. The van der Waals surface area contributed by atoms with Crippen molar-refractivity contribution in [3.05, 3.63) is 0 Å². The van der Waals surface area contributed by atoms with Crippen molar-refractivity contribution in [1.82, 2.24) is 0 Å². The number of hydrogen-bond donors (Lipinski definition) is 12. The lowest BCUT2D eigenvalue weighted by Gasteiger charge is -2.24. The molecule has 0 aliphatic rings. The molecule has 0 aromatic carbocycles. The number of aliphatic hydroxyl groups is 12. The molecule has 24 heavy (non-hydrogen) atoms. The van der Waals surface area contributed by atoms with Gasteiger partial charge in [-0.3, -0.25) is 0 Å². The average Bonchev–Trinajstić information content (AvgIpc) is 2.62. The summed E-state index contributed by atoms with van der Waals surface area (Å²) in [5.74, 6) is 0. The van der Waals surface area contributed by atoms with Gasteiger partial charge < -0.3 is 61.3 Å². The van der Waals surface area contributed by atoms with Crippen LogP contribution in [-0.4, -0.2) is 137 Å². The Morgan fingerprint density at radius 1 is 0.333 bits per heavy atom. The smallest absolute Gasteiger partial charge is 0.111 e. The Balaban J connectivity index is 0. The summed E-state index contributed by atoms with van der Waals surface area (Å²) in [7, 11) is 0. The van der Waals surface area contributed by atoms with Gasteiger partial charge in [0.2, 0.25) is 0 Å². The number of aliphatic hydroxyl groups excluding tert-OH is 12. The lowest BCUT2D eigenvalue weighted by molar-refractivity contribution is -0.123. The first kappa shape index (κ1) is 25.8. The third kappa shape index (κ3) is 9.12. The molecule has 0 rings (SSSR count). The summed E-state index contributed by atoms with van der Waals surface area (Å²) in [5, 5.41) is 104. The molecule has 0 aliphatic heterocycles. The lowest BCUT2D eigenvalue weighted by atomic mass is 10.0. The largest absolute Gasteiger partial charge is 0.394 e. The lowest BCUT2D eigenvalue weighted by Crippen LogP contribution is -2.46. The van der Waals surface area contributed by atoms with Crippen molar-refractivity contribution in [3.8, 4) is 0 Å². The first-order valence-electron chi connectivity index (χ1n) is 6.96. The first-order chi connectivity index (χ1) is 11.1. The van der Waals surface area contributed by atoms with E-state index in [2.05, 4.69) is 0 Å². The van der Waals surface area contributed by atoms with Crippen molar-refractivity contribution in [2.75, 3.05) is 26.4 Å². The Labute approximate surface area is 137 Å². The van der Waals surface area contributed by atoms with E-state index in [4.69, 9.17) is 61.3 Å². The summed E-state index contributed by atoms with van der Waals surface area (Å²) < 4.78 is 0. The van der Waals surface area contributed by atoms with Crippen LogP contribution in [0.3, 0.4) is 0 Å². The van der Waals surface area contributed by atoms with Gasteiger partial charge in [-0.15, -0.1) is 0 Å². The van der Waals surface area contributed by atoms with E-state index in [0.29, 0.717) is 0 Å². The summed E-state index contributed by atoms with van der Waals surface area (Å²) >= 11 is 0. The van der Waals surface area contributed by atoms with Crippen LogP contribution in [0.25, 0.3) is 0 Å². The molecule has 148 valence electrons. The van der Waals surface area contributed by atoms with E-state index in [9.17, 15) is 0 Å². The van der Waals surface area contributed by atoms with E-state index in [1.165, 1.54) is 0 Å². The maximum absolute atomic E-state index is 8.96. The van der Waals surface area contributed by atoms with Crippen molar-refractivity contribution in [1.29, 1.82) is 0 Å². The van der Waals surface area contributed by atoms with Crippen molar-refractivity contribution in [3.63, 3.8) is 0 Å². The van der Waals surface area contributed by atoms with Crippen LogP contribution in [0.1, 0.15) is 0 Å². The van der Waals surface area contributed by atoms with Gasteiger partial charge in [-0.2, -0.15) is 0 Å². The van der Waals surface area contributed by atoms with Gasteiger partial charge in [0.05, 0.1) is 26.4 Å². The van der Waals surface area contributed by atoms with Gasteiger partial charge in [0.1, 0.15) is 48.8 Å². The molecule has 0 radical (unpaired) electrons. The van der Waals surface area contributed by atoms with Gasteiger partial charge in [-0.25, -0.2) is 0 Å². The molecule has 8 atom stereocenters. The normalized spacial score (nSPS) is 21.5. The Morgan fingerprint density at radius 3 is 0.542 bits per heavy atom. The molecule has 0 aromatic heterocycles. The molecular weight excluding hydrogens is 336 g/mol. The summed E-state index contributed by atoms with van der Waals surface area (Å²) in [5.41, 5.74) is 0. The first-order valence-corrected chi connectivity index (χ1v) is 6.96. The van der Waals surface area contributed by atoms with Crippen LogP contribution in [0.2, 0.25) is 0 Å².